The van der Waals surface area contributed by atoms with E-state index < -0.39 is 41.7 Å². The third-order valence-corrected chi connectivity index (χ3v) is 8.62. The highest BCUT2D eigenvalue weighted by Gasteiger charge is 2.61. The Morgan fingerprint density at radius 2 is 1.82 bits per heavy atom. The van der Waals surface area contributed by atoms with Crippen molar-refractivity contribution in [1.29, 1.82) is 0 Å². The highest BCUT2D eigenvalue weighted by Crippen LogP contribution is 2.58. The summed E-state index contributed by atoms with van der Waals surface area (Å²) in [5, 5.41) is 9.22. The number of carbonyl (C=O) groups is 3. The summed E-state index contributed by atoms with van der Waals surface area (Å²) in [7, 11) is 1.29. The van der Waals surface area contributed by atoms with Crippen LogP contribution < -0.4 is 20.7 Å². The van der Waals surface area contributed by atoms with Crippen LogP contribution in [0.2, 0.25) is 0 Å². The predicted molar refractivity (Wildman–Crippen MR) is 162 cm³/mol. The average molecular weight is 609 g/mol. The van der Waals surface area contributed by atoms with Crippen molar-refractivity contribution in [3.63, 3.8) is 0 Å². The van der Waals surface area contributed by atoms with E-state index in [0.717, 1.165) is 27.9 Å². The second kappa shape index (κ2) is 11.0. The number of esters is 1. The van der Waals surface area contributed by atoms with Gasteiger partial charge in [-0.3, -0.25) is 4.79 Å². The lowest BCUT2D eigenvalue weighted by molar-refractivity contribution is -0.124. The maximum absolute atomic E-state index is 13.9. The fraction of sp³-hybridized carbons (Fsp3) is 0.294. The maximum atomic E-state index is 13.9. The Morgan fingerprint density at radius 3 is 2.60 bits per heavy atom. The molecule has 4 atom stereocenters. The minimum Gasteiger partial charge on any atom is -0.469 e. The molecule has 0 saturated heterocycles. The Labute approximate surface area is 259 Å². The van der Waals surface area contributed by atoms with Crippen molar-refractivity contribution in [1.82, 2.24) is 15.6 Å². The standard InChI is InChI=1S/C34H32N4O7/c1-18(2)26-30-38-27(31(40)42-3)28(45-30)34-21-11-7-8-12-23(21)35-32(34)44-25-14-13-20(15-22(25)34)16-24(29(39)37-26)36-33(41)43-17-19-9-5-4-6-10-19/h4-15,18,24,26,32,35H,16-17H2,1-3H3,(H,36,41)(H,37,39)/t24-,26-,32?,34?/m0/s1. The molecule has 0 radical (unpaired) electrons. The summed E-state index contributed by atoms with van der Waals surface area (Å²) < 4.78 is 23.7. The number of hydrogen-bond donors (Lipinski definition) is 3. The monoisotopic (exact) mass is 608 g/mol. The van der Waals surface area contributed by atoms with Crippen LogP contribution in [0.3, 0.4) is 0 Å². The number of methoxy groups -OCH3 is 1. The van der Waals surface area contributed by atoms with E-state index in [1.54, 1.807) is 0 Å². The Morgan fingerprint density at radius 1 is 1.04 bits per heavy atom. The highest BCUT2D eigenvalue weighted by molar-refractivity contribution is 5.91. The van der Waals surface area contributed by atoms with Crippen molar-refractivity contribution in [2.45, 2.75) is 50.6 Å². The zero-order valence-electron chi connectivity index (χ0n) is 25.0. The Kier molecular flexibility index (Phi) is 6.95. The van der Waals surface area contributed by atoms with Gasteiger partial charge in [-0.1, -0.05) is 74.5 Å². The Balaban J connectivity index is 1.36. The van der Waals surface area contributed by atoms with Gasteiger partial charge >= 0.3 is 12.1 Å². The van der Waals surface area contributed by atoms with E-state index in [0.29, 0.717) is 5.75 Å². The number of carbonyl (C=O) groups excluding carboxylic acids is 3. The predicted octanol–water partition coefficient (Wildman–Crippen LogP) is 4.60. The molecule has 7 rings (SSSR count). The summed E-state index contributed by atoms with van der Waals surface area (Å²) >= 11 is 0. The van der Waals surface area contributed by atoms with Crippen LogP contribution in [-0.4, -0.2) is 42.3 Å². The summed E-state index contributed by atoms with van der Waals surface area (Å²) in [6, 6.07) is 20.9. The molecule has 11 nitrogen and oxygen atoms in total. The van der Waals surface area contributed by atoms with Crippen molar-refractivity contribution in [2.24, 2.45) is 5.92 Å². The molecule has 1 aromatic heterocycles. The first-order chi connectivity index (χ1) is 21.8. The number of nitrogens with zero attached hydrogens (tertiary/aromatic N) is 1. The molecule has 0 saturated carbocycles. The first-order valence-electron chi connectivity index (χ1n) is 14.8. The smallest absolute Gasteiger partial charge is 0.408 e. The minimum atomic E-state index is -1.10. The number of para-hydroxylation sites is 1. The quantitative estimate of drug-likeness (QED) is 0.277. The third kappa shape index (κ3) is 4.66. The molecule has 0 fully saturated rings. The molecule has 45 heavy (non-hydrogen) atoms. The van der Waals surface area contributed by atoms with E-state index in [2.05, 4.69) is 20.9 Å². The molecule has 0 aliphatic carbocycles. The lowest BCUT2D eigenvalue weighted by Gasteiger charge is -2.28. The van der Waals surface area contributed by atoms with Gasteiger partial charge in [0.25, 0.3) is 0 Å². The topological polar surface area (TPSA) is 141 Å². The van der Waals surface area contributed by atoms with Gasteiger partial charge in [-0.05, 0) is 34.7 Å². The minimum absolute atomic E-state index is 0.00355. The fourth-order valence-electron chi connectivity index (χ4n) is 6.44. The Hall–Kier alpha value is -5.32. The second-order valence-electron chi connectivity index (χ2n) is 11.7. The number of hydrogen-bond acceptors (Lipinski definition) is 9. The first-order valence-corrected chi connectivity index (χ1v) is 14.8. The van der Waals surface area contributed by atoms with Gasteiger partial charge in [0.15, 0.2) is 17.7 Å². The van der Waals surface area contributed by atoms with Crippen molar-refractivity contribution >= 4 is 23.7 Å². The van der Waals surface area contributed by atoms with Crippen LogP contribution in [0.15, 0.2) is 77.2 Å². The van der Waals surface area contributed by atoms with E-state index in [1.165, 1.54) is 7.11 Å². The number of aromatic nitrogens is 1. The van der Waals surface area contributed by atoms with Gasteiger partial charge < -0.3 is 34.6 Å². The average Bonchev–Trinajstić information content (AvgIpc) is 3.71. The number of alkyl carbamates (subject to hydrolysis) is 1. The van der Waals surface area contributed by atoms with Crippen LogP contribution in [0.1, 0.15) is 64.3 Å². The van der Waals surface area contributed by atoms with Gasteiger partial charge in [-0.25, -0.2) is 14.6 Å². The molecule has 3 aliphatic heterocycles. The Bertz CT molecular complexity index is 1800. The van der Waals surface area contributed by atoms with Crippen LogP contribution in [-0.2, 0) is 32.7 Å². The SMILES string of the molecule is COC(=O)c1nc2oc1C13c4ccccc4NC1Oc1ccc(cc13)C[C@H](NC(=O)OCc1ccccc1)C(=O)N[C@H]2C(C)C. The molecular weight excluding hydrogens is 576 g/mol. The van der Waals surface area contributed by atoms with Gasteiger partial charge in [0.1, 0.15) is 29.9 Å². The molecule has 4 bridgehead atoms. The number of nitrogens with one attached hydrogen (secondary N) is 3. The van der Waals surface area contributed by atoms with E-state index in [4.69, 9.17) is 18.6 Å². The van der Waals surface area contributed by atoms with Gasteiger partial charge in [0.2, 0.25) is 11.8 Å². The molecule has 3 aliphatic rings. The number of ether oxygens (including phenoxy) is 3. The molecular formula is C34H32N4O7. The highest BCUT2D eigenvalue weighted by atomic mass is 16.5. The van der Waals surface area contributed by atoms with Crippen molar-refractivity contribution in [3.8, 4) is 5.75 Å². The summed E-state index contributed by atoms with van der Waals surface area (Å²) in [5.74, 6) is -0.332. The summed E-state index contributed by atoms with van der Waals surface area (Å²) in [6.45, 7) is 3.86. The largest absolute Gasteiger partial charge is 0.469 e. The number of rotatable bonds is 5. The number of oxazole rings is 1. The molecule has 11 heteroatoms. The molecule has 3 N–H and O–H groups in total. The fourth-order valence-corrected chi connectivity index (χ4v) is 6.44. The number of amides is 2. The lowest BCUT2D eigenvalue weighted by atomic mass is 9.72. The van der Waals surface area contributed by atoms with Crippen molar-refractivity contribution in [2.75, 3.05) is 12.4 Å². The normalized spacial score (nSPS) is 22.5. The first kappa shape index (κ1) is 28.5. The third-order valence-electron chi connectivity index (χ3n) is 8.62. The van der Waals surface area contributed by atoms with Gasteiger partial charge in [-0.15, -0.1) is 0 Å². The molecule has 4 heterocycles. The van der Waals surface area contributed by atoms with E-state index in [9.17, 15) is 14.4 Å². The van der Waals surface area contributed by atoms with Gasteiger partial charge in [0.05, 0.1) is 7.11 Å². The van der Waals surface area contributed by atoms with Crippen LogP contribution in [0.5, 0.6) is 5.75 Å². The van der Waals surface area contributed by atoms with E-state index >= 15 is 0 Å². The molecule has 1 spiro atoms. The number of anilines is 1. The van der Waals surface area contributed by atoms with Gasteiger partial charge in [0, 0.05) is 17.7 Å². The van der Waals surface area contributed by atoms with Crippen molar-refractivity contribution in [3.05, 3.63) is 112 Å². The van der Waals surface area contributed by atoms with Crippen LogP contribution >= 0.6 is 0 Å². The van der Waals surface area contributed by atoms with E-state index in [-0.39, 0.29) is 36.3 Å². The zero-order valence-corrected chi connectivity index (χ0v) is 25.0. The maximum Gasteiger partial charge on any atom is 0.408 e. The van der Waals surface area contributed by atoms with Crippen LogP contribution in [0, 0.1) is 5.92 Å². The van der Waals surface area contributed by atoms with Gasteiger partial charge in [-0.2, -0.15) is 0 Å². The summed E-state index contributed by atoms with van der Waals surface area (Å²) in [6.07, 6.45) is -1.22. The molecule has 4 aromatic rings. The summed E-state index contributed by atoms with van der Waals surface area (Å²) in [5.41, 5.74) is 2.89. The van der Waals surface area contributed by atoms with Crippen molar-refractivity contribution < 1.29 is 33.0 Å². The second-order valence-corrected chi connectivity index (χ2v) is 11.7. The van der Waals surface area contributed by atoms with Crippen LogP contribution in [0.4, 0.5) is 10.5 Å². The van der Waals surface area contributed by atoms with E-state index in [1.807, 2.05) is 86.6 Å². The van der Waals surface area contributed by atoms with Crippen LogP contribution in [0.25, 0.3) is 0 Å². The zero-order chi connectivity index (χ0) is 31.3. The summed E-state index contributed by atoms with van der Waals surface area (Å²) in [4.78, 5) is 44.8. The number of benzene rings is 3. The number of fused-ring (bicyclic) bond motifs is 4. The molecule has 2 amide bonds. The molecule has 3 aromatic carbocycles. The molecule has 230 valence electrons. The lowest BCUT2D eigenvalue weighted by Crippen LogP contribution is -2.49. The molecule has 2 unspecified atom stereocenters.